The summed E-state index contributed by atoms with van der Waals surface area (Å²) in [6.07, 6.45) is 0. The van der Waals surface area contributed by atoms with Gasteiger partial charge in [0.15, 0.2) is 5.58 Å². The molecule has 10 aromatic carbocycles. The van der Waals surface area contributed by atoms with Crippen LogP contribution in [0.1, 0.15) is 22.3 Å². The molecule has 0 unspecified atom stereocenters. The van der Waals surface area contributed by atoms with E-state index in [2.05, 4.69) is 229 Å². The maximum absolute atomic E-state index is 7.12. The molecule has 13 rings (SSSR count). The van der Waals surface area contributed by atoms with E-state index in [1.165, 1.54) is 64.7 Å². The summed E-state index contributed by atoms with van der Waals surface area (Å²) in [4.78, 5) is 2.44. The zero-order valence-corrected chi connectivity index (χ0v) is 34.4. The Bertz CT molecular complexity index is 3650. The van der Waals surface area contributed by atoms with Gasteiger partial charge in [0.2, 0.25) is 0 Å². The van der Waals surface area contributed by atoms with E-state index in [0.717, 1.165) is 49.8 Å². The van der Waals surface area contributed by atoms with Crippen LogP contribution in [0, 0.1) is 0 Å². The van der Waals surface area contributed by atoms with Crippen molar-refractivity contribution in [2.24, 2.45) is 0 Å². The second kappa shape index (κ2) is 13.7. The van der Waals surface area contributed by atoms with Gasteiger partial charge < -0.3 is 9.32 Å². The van der Waals surface area contributed by atoms with E-state index < -0.39 is 5.41 Å². The summed E-state index contributed by atoms with van der Waals surface area (Å²) in [5.41, 5.74) is 14.3. The molecule has 2 nitrogen and oxygen atoms in total. The topological polar surface area (TPSA) is 16.4 Å². The maximum Gasteiger partial charge on any atom is 0.159 e. The summed E-state index contributed by atoms with van der Waals surface area (Å²) in [6, 6.07) is 82.1. The van der Waals surface area contributed by atoms with Crippen molar-refractivity contribution in [1.29, 1.82) is 0 Å². The summed E-state index contributed by atoms with van der Waals surface area (Å²) in [7, 11) is 0. The van der Waals surface area contributed by atoms with Crippen LogP contribution in [0.3, 0.4) is 0 Å². The number of nitrogens with zero attached hydrogens (tertiary/aromatic N) is 1. The highest BCUT2D eigenvalue weighted by Crippen LogP contribution is 2.60. The van der Waals surface area contributed by atoms with Crippen LogP contribution >= 0.6 is 11.3 Å². The molecule has 0 radical (unpaired) electrons. The lowest BCUT2D eigenvalue weighted by molar-refractivity contribution is 0.673. The minimum atomic E-state index is -0.535. The van der Waals surface area contributed by atoms with Crippen molar-refractivity contribution >= 4 is 81.3 Å². The first-order valence-corrected chi connectivity index (χ1v) is 22.1. The van der Waals surface area contributed by atoms with Crippen molar-refractivity contribution < 1.29 is 4.42 Å². The molecule has 12 aromatic rings. The number of para-hydroxylation sites is 1. The molecule has 62 heavy (non-hydrogen) atoms. The molecule has 1 aliphatic rings. The summed E-state index contributed by atoms with van der Waals surface area (Å²) in [5.74, 6) is 0. The van der Waals surface area contributed by atoms with Crippen LogP contribution in [0.25, 0.3) is 75.1 Å². The van der Waals surface area contributed by atoms with Crippen LogP contribution in [0.4, 0.5) is 17.1 Å². The second-order valence-electron chi connectivity index (χ2n) is 16.3. The lowest BCUT2D eigenvalue weighted by Gasteiger charge is -2.34. The number of fused-ring (bicyclic) bond motifs is 11. The van der Waals surface area contributed by atoms with Crippen LogP contribution in [0.15, 0.2) is 229 Å². The number of thiophene rings is 1. The van der Waals surface area contributed by atoms with Gasteiger partial charge in [0, 0.05) is 47.6 Å². The number of hydrogen-bond donors (Lipinski definition) is 0. The molecule has 0 bridgehead atoms. The second-order valence-corrected chi connectivity index (χ2v) is 17.4. The highest BCUT2D eigenvalue weighted by atomic mass is 32.1. The van der Waals surface area contributed by atoms with E-state index >= 15 is 0 Å². The van der Waals surface area contributed by atoms with Crippen molar-refractivity contribution in [2.75, 3.05) is 4.90 Å². The van der Waals surface area contributed by atoms with Gasteiger partial charge in [-0.1, -0.05) is 188 Å². The smallest absolute Gasteiger partial charge is 0.159 e. The largest absolute Gasteiger partial charge is 0.453 e. The summed E-state index contributed by atoms with van der Waals surface area (Å²) in [6.45, 7) is 0. The van der Waals surface area contributed by atoms with Gasteiger partial charge in [0.25, 0.3) is 0 Å². The van der Waals surface area contributed by atoms with E-state index in [-0.39, 0.29) is 0 Å². The van der Waals surface area contributed by atoms with E-state index in [0.29, 0.717) is 0 Å². The normalized spacial score (nSPS) is 13.0. The van der Waals surface area contributed by atoms with Gasteiger partial charge in [-0.3, -0.25) is 0 Å². The molecular formula is C59H37NOS. The van der Waals surface area contributed by atoms with Crippen molar-refractivity contribution in [3.8, 4) is 22.3 Å². The maximum atomic E-state index is 7.12. The fourth-order valence-corrected chi connectivity index (χ4v) is 11.8. The predicted molar refractivity (Wildman–Crippen MR) is 262 cm³/mol. The van der Waals surface area contributed by atoms with Gasteiger partial charge in [0.1, 0.15) is 5.58 Å². The SMILES string of the molecule is c1ccc(C2(c3ccccc3)c3ccccc3-c3c(N(c4ccc(-c5cccc6c5sc5ccccc56)cc4)c4cccc5c4oc4c6ccccc6ccc54)cccc32)cc1. The van der Waals surface area contributed by atoms with Gasteiger partial charge >= 0.3 is 0 Å². The van der Waals surface area contributed by atoms with Crippen LogP contribution in [-0.2, 0) is 5.41 Å². The number of benzene rings is 10. The van der Waals surface area contributed by atoms with Gasteiger partial charge in [-0.2, -0.15) is 0 Å². The van der Waals surface area contributed by atoms with E-state index in [1.54, 1.807) is 0 Å². The molecule has 0 amide bonds. The molecule has 0 saturated heterocycles. The average molecular weight is 808 g/mol. The number of hydrogen-bond acceptors (Lipinski definition) is 3. The number of rotatable bonds is 6. The Balaban J connectivity index is 1.09. The summed E-state index contributed by atoms with van der Waals surface area (Å²) < 4.78 is 9.74. The number of furan rings is 1. The van der Waals surface area contributed by atoms with Crippen molar-refractivity contribution in [3.63, 3.8) is 0 Å². The average Bonchev–Trinajstić information content (AvgIpc) is 4.02. The van der Waals surface area contributed by atoms with Crippen molar-refractivity contribution in [2.45, 2.75) is 5.41 Å². The molecule has 0 aliphatic heterocycles. The summed E-state index contributed by atoms with van der Waals surface area (Å²) >= 11 is 1.87. The van der Waals surface area contributed by atoms with Crippen LogP contribution in [-0.4, -0.2) is 0 Å². The molecule has 0 atom stereocenters. The van der Waals surface area contributed by atoms with Crippen LogP contribution < -0.4 is 4.90 Å². The molecule has 290 valence electrons. The minimum absolute atomic E-state index is 0.535. The fourth-order valence-electron chi connectivity index (χ4n) is 10.5. The zero-order chi connectivity index (χ0) is 40.8. The molecule has 0 spiro atoms. The van der Waals surface area contributed by atoms with Gasteiger partial charge in [-0.05, 0) is 80.7 Å². The standard InChI is InChI=1S/C59H37NOS/c1-3-17-40(18-4-1)59(41-19-5-2-6-20-41)50-27-11-9-23-49(50)55-51(59)28-15-29-52(55)60(53-30-14-25-46-47-37-34-38-16-7-8-21-43(38)56(47)61-57(46)53)42-35-32-39(33-36-42)44-24-13-26-48-45-22-10-12-31-54(45)62-58(44)48/h1-37H. The third-order valence-corrected chi connectivity index (χ3v) is 14.4. The molecule has 2 aromatic heterocycles. The molecule has 0 fully saturated rings. The monoisotopic (exact) mass is 807 g/mol. The van der Waals surface area contributed by atoms with E-state index in [4.69, 9.17) is 4.42 Å². The lowest BCUT2D eigenvalue weighted by Crippen LogP contribution is -2.28. The Labute approximate surface area is 363 Å². The molecule has 2 heterocycles. The van der Waals surface area contributed by atoms with Gasteiger partial charge in [-0.25, -0.2) is 0 Å². The Morgan fingerprint density at radius 3 is 1.81 bits per heavy atom. The Morgan fingerprint density at radius 1 is 0.387 bits per heavy atom. The van der Waals surface area contributed by atoms with Gasteiger partial charge in [0.05, 0.1) is 16.8 Å². The quantitative estimate of drug-likeness (QED) is 0.166. The first-order valence-electron chi connectivity index (χ1n) is 21.3. The van der Waals surface area contributed by atoms with Crippen molar-refractivity contribution in [1.82, 2.24) is 0 Å². The van der Waals surface area contributed by atoms with E-state index in [1.807, 2.05) is 11.3 Å². The Kier molecular flexibility index (Phi) is 7.72. The molecule has 3 heteroatoms. The Hall–Kier alpha value is -7.72. The lowest BCUT2D eigenvalue weighted by atomic mass is 9.68. The first-order chi connectivity index (χ1) is 30.8. The molecule has 0 N–H and O–H groups in total. The van der Waals surface area contributed by atoms with Crippen LogP contribution in [0.5, 0.6) is 0 Å². The molecular weight excluding hydrogens is 771 g/mol. The Morgan fingerprint density at radius 2 is 0.984 bits per heavy atom. The minimum Gasteiger partial charge on any atom is -0.453 e. The summed E-state index contributed by atoms with van der Waals surface area (Å²) in [5, 5.41) is 7.10. The predicted octanol–water partition coefficient (Wildman–Crippen LogP) is 16.6. The zero-order valence-electron chi connectivity index (χ0n) is 33.6. The highest BCUT2D eigenvalue weighted by Gasteiger charge is 2.47. The molecule has 1 aliphatic carbocycles. The number of anilines is 3. The molecule has 0 saturated carbocycles. The fraction of sp³-hybridized carbons (Fsp3) is 0.0169. The van der Waals surface area contributed by atoms with Crippen LogP contribution in [0.2, 0.25) is 0 Å². The van der Waals surface area contributed by atoms with E-state index in [9.17, 15) is 0 Å². The van der Waals surface area contributed by atoms with Crippen molar-refractivity contribution in [3.05, 3.63) is 247 Å². The third-order valence-electron chi connectivity index (χ3n) is 13.2. The first kappa shape index (κ1) is 35.1. The highest BCUT2D eigenvalue weighted by molar-refractivity contribution is 7.26. The third kappa shape index (κ3) is 4.97. The van der Waals surface area contributed by atoms with Gasteiger partial charge in [-0.15, -0.1) is 11.3 Å².